The van der Waals surface area contributed by atoms with Crippen molar-refractivity contribution in [2.75, 3.05) is 0 Å². The van der Waals surface area contributed by atoms with Gasteiger partial charge in [-0.15, -0.1) is 0 Å². The number of carbonyl (C=O) groups excluding carboxylic acids is 2. The number of esters is 2. The molecule has 0 aliphatic heterocycles. The van der Waals surface area contributed by atoms with Crippen molar-refractivity contribution in [1.29, 1.82) is 0 Å². The average molecular weight is 340 g/mol. The van der Waals surface area contributed by atoms with Crippen molar-refractivity contribution in [2.24, 2.45) is 0 Å². The van der Waals surface area contributed by atoms with E-state index >= 15 is 0 Å². The minimum atomic E-state index is -0.755. The van der Waals surface area contributed by atoms with Crippen LogP contribution in [-0.4, -0.2) is 60.8 Å². The Morgan fingerprint density at radius 2 is 1.27 bits per heavy atom. The van der Waals surface area contributed by atoms with Crippen LogP contribution >= 0.6 is 0 Å². The number of allylic oxidation sites excluding steroid dienone is 1. The van der Waals surface area contributed by atoms with Crippen molar-refractivity contribution in [3.63, 3.8) is 0 Å². The third kappa shape index (κ3) is 13.3. The molecule has 22 heavy (non-hydrogen) atoms. The molecule has 0 spiro atoms. The number of aliphatic carboxylic acids is 1. The van der Waals surface area contributed by atoms with Crippen molar-refractivity contribution in [1.82, 2.24) is 0 Å². The number of carboxylic acid groups (broad SMARTS) is 1. The molecule has 0 aromatic carbocycles. The molecule has 6 heteroatoms. The first-order valence-electron chi connectivity index (χ1n) is 7.45. The first kappa shape index (κ1) is 23.9. The second kappa shape index (κ2) is 14.2. The Morgan fingerprint density at radius 1 is 0.818 bits per heavy atom. The van der Waals surface area contributed by atoms with Crippen LogP contribution < -0.4 is 0 Å². The van der Waals surface area contributed by atoms with Crippen LogP contribution in [0.2, 0.25) is 0 Å². The van der Waals surface area contributed by atoms with Crippen LogP contribution in [-0.2, 0) is 19.1 Å². The Kier molecular flexibility index (Phi) is 15.4. The van der Waals surface area contributed by atoms with Gasteiger partial charge in [0, 0.05) is 18.4 Å². The summed E-state index contributed by atoms with van der Waals surface area (Å²) in [5, 5.41) is 8.48. The summed E-state index contributed by atoms with van der Waals surface area (Å²) < 4.78 is 4.74. The predicted molar refractivity (Wildman–Crippen MR) is 88.3 cm³/mol. The van der Waals surface area contributed by atoms with Crippen LogP contribution in [0.15, 0.2) is 11.1 Å². The first-order valence-corrected chi connectivity index (χ1v) is 7.45. The Labute approximate surface area is 162 Å². The van der Waals surface area contributed by atoms with E-state index in [1.165, 1.54) is 0 Å². The molecule has 0 rings (SSSR count). The van der Waals surface area contributed by atoms with Crippen LogP contribution in [0.25, 0.3) is 0 Å². The van der Waals surface area contributed by atoms with E-state index in [9.17, 15) is 14.4 Å². The summed E-state index contributed by atoms with van der Waals surface area (Å²) in [5.41, 5.74) is 1.32. The van der Waals surface area contributed by atoms with Gasteiger partial charge < -0.3 is 9.84 Å². The zero-order valence-corrected chi connectivity index (χ0v) is 13.2. The van der Waals surface area contributed by atoms with Crippen LogP contribution in [0.5, 0.6) is 0 Å². The van der Waals surface area contributed by atoms with E-state index < -0.39 is 17.9 Å². The van der Waals surface area contributed by atoms with E-state index in [-0.39, 0.29) is 50.6 Å². The molecule has 0 unspecified atom stereocenters. The van der Waals surface area contributed by atoms with Gasteiger partial charge in [0.25, 0.3) is 0 Å². The Balaban J connectivity index is 0. The quantitative estimate of drug-likeness (QED) is 0.217. The van der Waals surface area contributed by atoms with Gasteiger partial charge in [-0.05, 0) is 33.6 Å². The van der Waals surface area contributed by atoms with Crippen LogP contribution in [0.4, 0.5) is 0 Å². The van der Waals surface area contributed by atoms with Gasteiger partial charge in [-0.3, -0.25) is 9.59 Å². The summed E-state index contributed by atoms with van der Waals surface area (Å²) >= 11 is 0. The fraction of sp³-hybridized carbons (Fsp3) is 0.688. The summed E-state index contributed by atoms with van der Waals surface area (Å²) in [6, 6.07) is 0. The van der Waals surface area contributed by atoms with Gasteiger partial charge in [0.1, 0.15) is 0 Å². The molecule has 0 aliphatic carbocycles. The molecule has 0 heterocycles. The Morgan fingerprint density at radius 3 is 1.73 bits per heavy atom. The number of rotatable bonds is 10. The molecule has 0 radical (unpaired) electrons. The molecule has 124 valence electrons. The normalized spacial score (nSPS) is 9.59. The van der Waals surface area contributed by atoms with Gasteiger partial charge >= 0.3 is 55.6 Å². The summed E-state index contributed by atoms with van der Waals surface area (Å²) in [6.07, 6.45) is 5.58. The van der Waals surface area contributed by atoms with Gasteiger partial charge in [0.2, 0.25) is 0 Å². The molecule has 5 nitrogen and oxygen atoms in total. The molecule has 0 aromatic heterocycles. The van der Waals surface area contributed by atoms with E-state index in [1.54, 1.807) is 20.8 Å². The van der Waals surface area contributed by atoms with Gasteiger partial charge in [-0.25, -0.2) is 4.79 Å². The maximum atomic E-state index is 11.5. The van der Waals surface area contributed by atoms with Crippen LogP contribution in [0, 0.1) is 0 Å². The topological polar surface area (TPSA) is 80.7 Å². The van der Waals surface area contributed by atoms with Crippen LogP contribution in [0.1, 0.15) is 72.1 Å². The van der Waals surface area contributed by atoms with Crippen LogP contribution in [0.3, 0.4) is 0 Å². The number of hydrogen-bond donors (Lipinski definition) is 1. The number of unbranched alkanes of at least 4 members (excludes halogenated alkanes) is 5. The molecule has 1 N–H and O–H groups in total. The standard InChI is InChI=1S/C16H26O5.Ca.2H/c1-12(2)13(3)16(20)21-15(19)11-9-7-5-4-6-8-10-14(17)18;;;/h4-11H2,1-3H3,(H,17,18);;;. The fourth-order valence-corrected chi connectivity index (χ4v) is 1.69. The minimum absolute atomic E-state index is 0. The van der Waals surface area contributed by atoms with E-state index in [0.717, 1.165) is 31.3 Å². The molecular formula is C16H28CaO5. The fourth-order valence-electron chi connectivity index (χ4n) is 1.69. The van der Waals surface area contributed by atoms with Gasteiger partial charge in [-0.1, -0.05) is 31.3 Å². The van der Waals surface area contributed by atoms with Crippen molar-refractivity contribution in [2.45, 2.75) is 72.1 Å². The number of carboxylic acids is 1. The van der Waals surface area contributed by atoms with E-state index in [2.05, 4.69) is 0 Å². The molecule has 0 aromatic rings. The molecule has 0 atom stereocenters. The monoisotopic (exact) mass is 340 g/mol. The van der Waals surface area contributed by atoms with Crippen molar-refractivity contribution >= 4 is 55.6 Å². The molecule has 0 saturated heterocycles. The summed E-state index contributed by atoms with van der Waals surface area (Å²) in [4.78, 5) is 33.3. The Bertz CT molecular complexity index is 397. The maximum absolute atomic E-state index is 11.5. The predicted octanol–water partition coefficient (Wildman–Crippen LogP) is 2.70. The number of hydrogen-bond acceptors (Lipinski definition) is 4. The van der Waals surface area contributed by atoms with Gasteiger partial charge in [-0.2, -0.15) is 0 Å². The number of ether oxygens (including phenoxy) is 1. The van der Waals surface area contributed by atoms with Gasteiger partial charge in [0.15, 0.2) is 0 Å². The second-order valence-electron chi connectivity index (χ2n) is 5.40. The van der Waals surface area contributed by atoms with E-state index in [1.807, 2.05) is 0 Å². The Hall–Kier alpha value is -0.390. The summed E-state index contributed by atoms with van der Waals surface area (Å²) in [7, 11) is 0. The second-order valence-corrected chi connectivity index (χ2v) is 5.40. The third-order valence-corrected chi connectivity index (χ3v) is 3.28. The van der Waals surface area contributed by atoms with Crippen molar-refractivity contribution < 1.29 is 24.2 Å². The molecule has 0 aliphatic rings. The molecule has 0 saturated carbocycles. The summed E-state index contributed by atoms with van der Waals surface area (Å²) in [6.45, 7) is 5.24. The summed E-state index contributed by atoms with van der Waals surface area (Å²) in [5.74, 6) is -1.80. The van der Waals surface area contributed by atoms with E-state index in [4.69, 9.17) is 9.84 Å². The number of carbonyl (C=O) groups is 3. The first-order chi connectivity index (χ1) is 9.84. The SMILES string of the molecule is CC(C)=C(C)C(=O)OC(=O)CCCCCCCCC(=O)O.[CaH2]. The van der Waals surface area contributed by atoms with E-state index in [0.29, 0.717) is 18.4 Å². The molecule has 0 amide bonds. The zero-order valence-electron chi connectivity index (χ0n) is 13.2. The molecule has 0 bridgehead atoms. The molecule has 0 fully saturated rings. The zero-order chi connectivity index (χ0) is 16.3. The van der Waals surface area contributed by atoms with Crippen molar-refractivity contribution in [3.8, 4) is 0 Å². The van der Waals surface area contributed by atoms with Gasteiger partial charge in [0.05, 0.1) is 0 Å². The average Bonchev–Trinajstić information content (AvgIpc) is 2.40. The molecular weight excluding hydrogens is 312 g/mol. The third-order valence-electron chi connectivity index (χ3n) is 3.28. The van der Waals surface area contributed by atoms with Crippen molar-refractivity contribution in [3.05, 3.63) is 11.1 Å².